The van der Waals surface area contributed by atoms with Crippen LogP contribution in [0.2, 0.25) is 0 Å². The number of guanidine groups is 1. The average molecular weight is 450 g/mol. The van der Waals surface area contributed by atoms with Crippen LogP contribution in [0.3, 0.4) is 0 Å². The normalized spacial score (nSPS) is 10.5. The Morgan fingerprint density at radius 1 is 1.12 bits per heavy atom. The Hall–Kier alpha value is -1.55. The van der Waals surface area contributed by atoms with Gasteiger partial charge >= 0.3 is 0 Å². The van der Waals surface area contributed by atoms with Gasteiger partial charge in [0.05, 0.1) is 13.7 Å². The summed E-state index contributed by atoms with van der Waals surface area (Å²) >= 11 is 0. The predicted molar refractivity (Wildman–Crippen MR) is 106 cm³/mol. The van der Waals surface area contributed by atoms with E-state index in [1.807, 2.05) is 31.2 Å². The fourth-order valence-electron chi connectivity index (χ4n) is 1.76. The highest BCUT2D eigenvalue weighted by molar-refractivity contribution is 14.0. The van der Waals surface area contributed by atoms with Crippen LogP contribution in [-0.4, -0.2) is 52.3 Å². The average Bonchev–Trinajstić information content (AvgIpc) is 2.58. The number of hydrogen-bond donors (Lipinski definition) is 3. The number of nitrogens with zero attached hydrogens (tertiary/aromatic N) is 1. The lowest BCUT2D eigenvalue weighted by molar-refractivity contribution is -0.119. The van der Waals surface area contributed by atoms with E-state index in [0.717, 1.165) is 17.9 Å². The van der Waals surface area contributed by atoms with Crippen molar-refractivity contribution in [3.63, 3.8) is 0 Å². The van der Waals surface area contributed by atoms with Gasteiger partial charge in [-0.2, -0.15) is 0 Å². The Labute approximate surface area is 160 Å². The zero-order chi connectivity index (χ0) is 16.9. The maximum absolute atomic E-state index is 11.9. The van der Waals surface area contributed by atoms with E-state index in [0.29, 0.717) is 25.7 Å². The number of carbonyl (C=O) groups is 1. The van der Waals surface area contributed by atoms with Crippen LogP contribution in [0.1, 0.15) is 12.5 Å². The van der Waals surface area contributed by atoms with Gasteiger partial charge in [-0.05, 0) is 24.6 Å². The minimum atomic E-state index is -0.134. The van der Waals surface area contributed by atoms with Crippen molar-refractivity contribution in [2.75, 3.05) is 40.5 Å². The Balaban J connectivity index is 0.00000529. The molecule has 7 nitrogen and oxygen atoms in total. The molecule has 24 heavy (non-hydrogen) atoms. The molecule has 0 aliphatic carbocycles. The number of amides is 1. The van der Waals surface area contributed by atoms with Gasteiger partial charge in [0.25, 0.3) is 0 Å². The van der Waals surface area contributed by atoms with Crippen molar-refractivity contribution < 1.29 is 14.3 Å². The minimum absolute atomic E-state index is 0. The highest BCUT2D eigenvalue weighted by Gasteiger charge is 2.02. The maximum atomic E-state index is 11.9. The highest BCUT2D eigenvalue weighted by atomic mass is 127. The van der Waals surface area contributed by atoms with Crippen LogP contribution >= 0.6 is 24.0 Å². The molecule has 0 atom stereocenters. The van der Waals surface area contributed by atoms with Gasteiger partial charge in [0.15, 0.2) is 5.96 Å². The van der Waals surface area contributed by atoms with Gasteiger partial charge in [0.1, 0.15) is 12.3 Å². The number of methoxy groups -OCH3 is 2. The SMILES string of the molecule is CCNC(=NCC(=O)NCc1ccc(OC)cc1)NCCOC.I. The van der Waals surface area contributed by atoms with Gasteiger partial charge in [-0.3, -0.25) is 4.79 Å². The van der Waals surface area contributed by atoms with Crippen LogP contribution in [0.25, 0.3) is 0 Å². The third-order valence-electron chi connectivity index (χ3n) is 2.97. The zero-order valence-electron chi connectivity index (χ0n) is 14.4. The number of hydrogen-bond acceptors (Lipinski definition) is 4. The Morgan fingerprint density at radius 2 is 1.83 bits per heavy atom. The fraction of sp³-hybridized carbons (Fsp3) is 0.500. The number of rotatable bonds is 9. The maximum Gasteiger partial charge on any atom is 0.242 e. The minimum Gasteiger partial charge on any atom is -0.497 e. The quantitative estimate of drug-likeness (QED) is 0.228. The Morgan fingerprint density at radius 3 is 2.42 bits per heavy atom. The van der Waals surface area contributed by atoms with Crippen LogP contribution in [0.4, 0.5) is 0 Å². The van der Waals surface area contributed by atoms with Crippen LogP contribution in [0.5, 0.6) is 5.75 Å². The first kappa shape index (κ1) is 22.4. The van der Waals surface area contributed by atoms with E-state index in [2.05, 4.69) is 20.9 Å². The van der Waals surface area contributed by atoms with Crippen LogP contribution in [0.15, 0.2) is 29.3 Å². The van der Waals surface area contributed by atoms with Crippen molar-refractivity contribution in [2.24, 2.45) is 4.99 Å². The molecular formula is C16H27IN4O3. The van der Waals surface area contributed by atoms with Crippen molar-refractivity contribution in [1.82, 2.24) is 16.0 Å². The first-order valence-electron chi connectivity index (χ1n) is 7.60. The molecular weight excluding hydrogens is 423 g/mol. The van der Waals surface area contributed by atoms with Crippen molar-refractivity contribution in [2.45, 2.75) is 13.5 Å². The summed E-state index contributed by atoms with van der Waals surface area (Å²) in [6.07, 6.45) is 0. The van der Waals surface area contributed by atoms with Gasteiger partial charge in [0.2, 0.25) is 5.91 Å². The molecule has 0 aliphatic heterocycles. The molecule has 0 aromatic heterocycles. The molecule has 136 valence electrons. The summed E-state index contributed by atoms with van der Waals surface area (Å²) < 4.78 is 10.1. The second-order valence-corrected chi connectivity index (χ2v) is 4.74. The number of aliphatic imine (C=N–C) groups is 1. The summed E-state index contributed by atoms with van der Waals surface area (Å²) in [4.78, 5) is 16.1. The summed E-state index contributed by atoms with van der Waals surface area (Å²) in [7, 11) is 3.26. The number of carbonyl (C=O) groups excluding carboxylic acids is 1. The number of benzene rings is 1. The summed E-state index contributed by atoms with van der Waals surface area (Å²) in [5.41, 5.74) is 1.01. The van der Waals surface area contributed by atoms with E-state index in [9.17, 15) is 4.79 Å². The third kappa shape index (κ3) is 9.56. The van der Waals surface area contributed by atoms with E-state index in [1.165, 1.54) is 0 Å². The molecule has 0 saturated carbocycles. The second-order valence-electron chi connectivity index (χ2n) is 4.74. The molecule has 8 heteroatoms. The van der Waals surface area contributed by atoms with E-state index in [-0.39, 0.29) is 36.4 Å². The van der Waals surface area contributed by atoms with E-state index < -0.39 is 0 Å². The molecule has 0 aliphatic rings. The summed E-state index contributed by atoms with van der Waals surface area (Å²) in [6, 6.07) is 7.56. The topological polar surface area (TPSA) is 84.0 Å². The molecule has 0 bridgehead atoms. The van der Waals surface area contributed by atoms with Gasteiger partial charge in [-0.1, -0.05) is 12.1 Å². The molecule has 1 rings (SSSR count). The standard InChI is InChI=1S/C16H26N4O3.HI/c1-4-17-16(18-9-10-22-2)20-12-15(21)19-11-13-5-7-14(23-3)8-6-13;/h5-8H,4,9-12H2,1-3H3,(H,19,21)(H2,17,18,20);1H. The van der Waals surface area contributed by atoms with Crippen molar-refractivity contribution >= 4 is 35.8 Å². The Kier molecular flexibility index (Phi) is 13.0. The van der Waals surface area contributed by atoms with Gasteiger partial charge < -0.3 is 25.4 Å². The number of nitrogens with one attached hydrogen (secondary N) is 3. The molecule has 0 spiro atoms. The number of halogens is 1. The van der Waals surface area contributed by atoms with Crippen molar-refractivity contribution in [1.29, 1.82) is 0 Å². The molecule has 1 aromatic rings. The van der Waals surface area contributed by atoms with Crippen molar-refractivity contribution in [3.05, 3.63) is 29.8 Å². The van der Waals surface area contributed by atoms with Crippen molar-refractivity contribution in [3.8, 4) is 5.75 Å². The second kappa shape index (κ2) is 13.8. The predicted octanol–water partition coefficient (Wildman–Crippen LogP) is 1.13. The van der Waals surface area contributed by atoms with E-state index in [4.69, 9.17) is 9.47 Å². The molecule has 3 N–H and O–H groups in total. The molecule has 0 radical (unpaired) electrons. The molecule has 0 heterocycles. The molecule has 1 aromatic carbocycles. The van der Waals surface area contributed by atoms with Crippen LogP contribution < -0.4 is 20.7 Å². The first-order valence-corrected chi connectivity index (χ1v) is 7.60. The van der Waals surface area contributed by atoms with Gasteiger partial charge in [-0.15, -0.1) is 24.0 Å². The fourth-order valence-corrected chi connectivity index (χ4v) is 1.76. The summed E-state index contributed by atoms with van der Waals surface area (Å²) in [5, 5.41) is 8.99. The van der Waals surface area contributed by atoms with Crippen LogP contribution in [0, 0.1) is 0 Å². The smallest absolute Gasteiger partial charge is 0.242 e. The molecule has 0 fully saturated rings. The lowest BCUT2D eigenvalue weighted by atomic mass is 10.2. The zero-order valence-corrected chi connectivity index (χ0v) is 16.8. The Bertz CT molecular complexity index is 495. The van der Waals surface area contributed by atoms with E-state index >= 15 is 0 Å². The lowest BCUT2D eigenvalue weighted by Crippen LogP contribution is -2.39. The van der Waals surface area contributed by atoms with E-state index in [1.54, 1.807) is 14.2 Å². The monoisotopic (exact) mass is 450 g/mol. The van der Waals surface area contributed by atoms with Gasteiger partial charge in [0, 0.05) is 26.7 Å². The molecule has 1 amide bonds. The lowest BCUT2D eigenvalue weighted by Gasteiger charge is -2.10. The first-order chi connectivity index (χ1) is 11.2. The summed E-state index contributed by atoms with van der Waals surface area (Å²) in [5.74, 6) is 1.26. The largest absolute Gasteiger partial charge is 0.497 e. The molecule has 0 saturated heterocycles. The number of ether oxygens (including phenoxy) is 2. The third-order valence-corrected chi connectivity index (χ3v) is 2.97. The molecule has 0 unspecified atom stereocenters. The van der Waals surface area contributed by atoms with Crippen LogP contribution in [-0.2, 0) is 16.1 Å². The summed E-state index contributed by atoms with van der Waals surface area (Å²) in [6.45, 7) is 4.44. The van der Waals surface area contributed by atoms with Gasteiger partial charge in [-0.25, -0.2) is 4.99 Å². The highest BCUT2D eigenvalue weighted by Crippen LogP contribution is 2.10.